The van der Waals surface area contributed by atoms with Gasteiger partial charge in [-0.15, -0.1) is 0 Å². The lowest BCUT2D eigenvalue weighted by molar-refractivity contribution is -0.124. The summed E-state index contributed by atoms with van der Waals surface area (Å²) in [4.78, 5) is 28.8. The van der Waals surface area contributed by atoms with E-state index in [0.29, 0.717) is 4.91 Å². The molecule has 0 radical (unpaired) electrons. The summed E-state index contributed by atoms with van der Waals surface area (Å²) in [7, 11) is 0. The molecule has 0 saturated carbocycles. The second-order valence-corrected chi connectivity index (χ2v) is 7.44. The highest BCUT2D eigenvalue weighted by Gasteiger charge is 2.37. The summed E-state index contributed by atoms with van der Waals surface area (Å²) in [6.07, 6.45) is 6.43. The van der Waals surface area contributed by atoms with Crippen molar-refractivity contribution in [1.29, 1.82) is 0 Å². The topological polar surface area (TPSA) is 40.6 Å². The van der Waals surface area contributed by atoms with Crippen LogP contribution >= 0.6 is 11.8 Å². The monoisotopic (exact) mass is 344 g/mol. The molecule has 1 unspecified atom stereocenters. The van der Waals surface area contributed by atoms with Gasteiger partial charge in [-0.1, -0.05) is 19.1 Å². The number of nitrogens with zero attached hydrogens (tertiary/aromatic N) is 2. The highest BCUT2D eigenvalue weighted by molar-refractivity contribution is 8.18. The Labute approximate surface area is 147 Å². The molecule has 3 rings (SSSR count). The molecule has 2 heterocycles. The Kier molecular flexibility index (Phi) is 5.29. The van der Waals surface area contributed by atoms with Gasteiger partial charge in [0, 0.05) is 24.8 Å². The minimum absolute atomic E-state index is 0.0510. The molecule has 128 valence electrons. The molecule has 4 nitrogen and oxygen atoms in total. The molecule has 2 saturated heterocycles. The number of hydrogen-bond donors (Lipinski definition) is 0. The summed E-state index contributed by atoms with van der Waals surface area (Å²) in [5.41, 5.74) is 2.20. The largest absolute Gasteiger partial charge is 0.372 e. The standard InChI is InChI=1S/C19H24N2O2S/c1-3-14(2)21-18(22)17(24-19(21)23)13-15-7-9-16(10-8-15)20-11-5-4-6-12-20/h7-10,13-14H,3-6,11-12H2,1-2H3. The fourth-order valence-corrected chi connectivity index (χ4v) is 4.06. The number of hydrogen-bond acceptors (Lipinski definition) is 4. The van der Waals surface area contributed by atoms with Gasteiger partial charge in [-0.2, -0.15) is 0 Å². The molecule has 0 N–H and O–H groups in total. The quantitative estimate of drug-likeness (QED) is 0.754. The molecule has 2 aliphatic heterocycles. The lowest BCUT2D eigenvalue weighted by Gasteiger charge is -2.28. The van der Waals surface area contributed by atoms with Crippen molar-refractivity contribution in [2.45, 2.75) is 45.6 Å². The molecule has 5 heteroatoms. The maximum Gasteiger partial charge on any atom is 0.293 e. The Balaban J connectivity index is 1.74. The zero-order chi connectivity index (χ0) is 17.1. The average molecular weight is 344 g/mol. The van der Waals surface area contributed by atoms with Gasteiger partial charge < -0.3 is 4.90 Å². The Morgan fingerprint density at radius 3 is 2.42 bits per heavy atom. The van der Waals surface area contributed by atoms with E-state index in [1.165, 1.54) is 29.8 Å². The zero-order valence-electron chi connectivity index (χ0n) is 14.3. The van der Waals surface area contributed by atoms with E-state index in [1.54, 1.807) is 0 Å². The lowest BCUT2D eigenvalue weighted by Crippen LogP contribution is -2.36. The second kappa shape index (κ2) is 7.43. The summed E-state index contributed by atoms with van der Waals surface area (Å²) in [5.74, 6) is -0.167. The van der Waals surface area contributed by atoms with E-state index in [1.807, 2.05) is 32.1 Å². The van der Waals surface area contributed by atoms with Crippen molar-refractivity contribution < 1.29 is 9.59 Å². The Morgan fingerprint density at radius 2 is 1.79 bits per heavy atom. The summed E-state index contributed by atoms with van der Waals surface area (Å²) in [6.45, 7) is 6.13. The van der Waals surface area contributed by atoms with Gasteiger partial charge in [0.2, 0.25) is 0 Å². The van der Waals surface area contributed by atoms with E-state index in [4.69, 9.17) is 0 Å². The second-order valence-electron chi connectivity index (χ2n) is 6.45. The van der Waals surface area contributed by atoms with E-state index in [2.05, 4.69) is 17.0 Å². The third kappa shape index (κ3) is 3.51. The highest BCUT2D eigenvalue weighted by atomic mass is 32.2. The van der Waals surface area contributed by atoms with Gasteiger partial charge in [-0.05, 0) is 68.1 Å². The van der Waals surface area contributed by atoms with E-state index < -0.39 is 0 Å². The summed E-state index contributed by atoms with van der Waals surface area (Å²) in [6, 6.07) is 8.22. The SMILES string of the molecule is CCC(C)N1C(=O)SC(=Cc2ccc(N3CCCCC3)cc2)C1=O. The first-order valence-corrected chi connectivity index (χ1v) is 9.54. The van der Waals surface area contributed by atoms with Gasteiger partial charge in [-0.3, -0.25) is 14.5 Å². The van der Waals surface area contributed by atoms with Crippen LogP contribution < -0.4 is 4.90 Å². The molecule has 0 bridgehead atoms. The third-order valence-corrected chi connectivity index (χ3v) is 5.65. The van der Waals surface area contributed by atoms with Crippen LogP contribution in [0, 0.1) is 0 Å². The predicted octanol–water partition coefficient (Wildman–Crippen LogP) is 4.51. The molecular weight excluding hydrogens is 320 g/mol. The van der Waals surface area contributed by atoms with Gasteiger partial charge in [0.1, 0.15) is 0 Å². The maximum absolute atomic E-state index is 12.4. The van der Waals surface area contributed by atoms with Crippen LogP contribution in [0.2, 0.25) is 0 Å². The first-order chi connectivity index (χ1) is 11.6. The van der Waals surface area contributed by atoms with Crippen LogP contribution in [-0.4, -0.2) is 35.2 Å². The van der Waals surface area contributed by atoms with Crippen LogP contribution in [0.5, 0.6) is 0 Å². The predicted molar refractivity (Wildman–Crippen MR) is 100 cm³/mol. The molecule has 2 fully saturated rings. The number of benzene rings is 1. The van der Waals surface area contributed by atoms with E-state index in [0.717, 1.165) is 36.8 Å². The fraction of sp³-hybridized carbons (Fsp3) is 0.474. The van der Waals surface area contributed by atoms with Crippen molar-refractivity contribution in [3.8, 4) is 0 Å². The third-order valence-electron chi connectivity index (χ3n) is 4.77. The van der Waals surface area contributed by atoms with Crippen LogP contribution in [0.3, 0.4) is 0 Å². The average Bonchev–Trinajstić information content (AvgIpc) is 2.89. The number of thioether (sulfide) groups is 1. The van der Waals surface area contributed by atoms with E-state index >= 15 is 0 Å². The van der Waals surface area contributed by atoms with Crippen molar-refractivity contribution >= 4 is 34.7 Å². The van der Waals surface area contributed by atoms with E-state index in [9.17, 15) is 9.59 Å². The Morgan fingerprint density at radius 1 is 1.12 bits per heavy atom. The highest BCUT2D eigenvalue weighted by Crippen LogP contribution is 2.34. The fourth-order valence-electron chi connectivity index (χ4n) is 3.13. The van der Waals surface area contributed by atoms with Gasteiger partial charge >= 0.3 is 0 Å². The first-order valence-electron chi connectivity index (χ1n) is 8.72. The molecule has 2 aliphatic rings. The van der Waals surface area contributed by atoms with Crippen molar-refractivity contribution in [3.63, 3.8) is 0 Å². The van der Waals surface area contributed by atoms with Crippen LogP contribution in [0.25, 0.3) is 6.08 Å². The van der Waals surface area contributed by atoms with Crippen LogP contribution in [-0.2, 0) is 4.79 Å². The van der Waals surface area contributed by atoms with Crippen LogP contribution in [0.15, 0.2) is 29.2 Å². The zero-order valence-corrected chi connectivity index (χ0v) is 15.1. The van der Waals surface area contributed by atoms with Crippen molar-refractivity contribution in [1.82, 2.24) is 4.90 Å². The maximum atomic E-state index is 12.4. The molecule has 1 aromatic carbocycles. The number of piperidine rings is 1. The Bertz CT molecular complexity index is 648. The smallest absolute Gasteiger partial charge is 0.293 e. The summed E-state index contributed by atoms with van der Waals surface area (Å²) < 4.78 is 0. The number of carbonyl (C=O) groups is 2. The molecule has 0 aromatic heterocycles. The summed E-state index contributed by atoms with van der Waals surface area (Å²) in [5, 5.41) is -0.162. The van der Waals surface area contributed by atoms with Crippen molar-refractivity contribution in [3.05, 3.63) is 34.7 Å². The Hall–Kier alpha value is -1.75. The number of anilines is 1. The molecule has 2 amide bonds. The minimum Gasteiger partial charge on any atom is -0.372 e. The number of amides is 2. The van der Waals surface area contributed by atoms with Crippen molar-refractivity contribution in [2.75, 3.05) is 18.0 Å². The minimum atomic E-state index is -0.167. The summed E-state index contributed by atoms with van der Waals surface area (Å²) >= 11 is 1.04. The number of imide groups is 1. The van der Waals surface area contributed by atoms with Crippen LogP contribution in [0.1, 0.15) is 45.1 Å². The van der Waals surface area contributed by atoms with Gasteiger partial charge in [0.05, 0.1) is 4.91 Å². The van der Waals surface area contributed by atoms with Crippen LogP contribution in [0.4, 0.5) is 10.5 Å². The number of carbonyl (C=O) groups excluding carboxylic acids is 2. The normalized spacial score (nSPS) is 21.7. The van der Waals surface area contributed by atoms with E-state index in [-0.39, 0.29) is 17.2 Å². The molecule has 0 spiro atoms. The number of rotatable bonds is 4. The lowest BCUT2D eigenvalue weighted by atomic mass is 10.1. The molecule has 1 aromatic rings. The van der Waals surface area contributed by atoms with Crippen molar-refractivity contribution in [2.24, 2.45) is 0 Å². The van der Waals surface area contributed by atoms with Gasteiger partial charge in [0.15, 0.2) is 0 Å². The molecular formula is C19H24N2O2S. The van der Waals surface area contributed by atoms with Gasteiger partial charge in [-0.25, -0.2) is 0 Å². The first kappa shape index (κ1) is 17.1. The molecule has 0 aliphatic carbocycles. The van der Waals surface area contributed by atoms with Gasteiger partial charge in [0.25, 0.3) is 11.1 Å². The molecule has 1 atom stereocenters. The molecule has 24 heavy (non-hydrogen) atoms.